The van der Waals surface area contributed by atoms with Crippen molar-refractivity contribution in [3.05, 3.63) is 66.0 Å². The maximum atomic E-state index is 12.6. The van der Waals surface area contributed by atoms with Crippen LogP contribution in [0.2, 0.25) is 0 Å². The molecule has 1 aliphatic rings. The fourth-order valence-corrected chi connectivity index (χ4v) is 2.86. The minimum Gasteiger partial charge on any atom is -0.364 e. The van der Waals surface area contributed by atoms with Crippen LogP contribution in [0.5, 0.6) is 0 Å². The first kappa shape index (κ1) is 21.4. The molecule has 5 nitrogen and oxygen atoms in total. The Bertz CT molecular complexity index is 604. The molecule has 2 heterocycles. The van der Waals surface area contributed by atoms with E-state index in [4.69, 9.17) is 10.5 Å². The van der Waals surface area contributed by atoms with E-state index in [2.05, 4.69) is 10.3 Å². The van der Waals surface area contributed by atoms with Gasteiger partial charge in [0.05, 0.1) is 12.1 Å². The van der Waals surface area contributed by atoms with Gasteiger partial charge in [0.15, 0.2) is 0 Å². The van der Waals surface area contributed by atoms with Gasteiger partial charge >= 0.3 is 0 Å². The van der Waals surface area contributed by atoms with Crippen molar-refractivity contribution in [2.75, 3.05) is 6.54 Å². The molecule has 1 aromatic carbocycles. The van der Waals surface area contributed by atoms with E-state index < -0.39 is 6.10 Å². The second-order valence-electron chi connectivity index (χ2n) is 5.70. The van der Waals surface area contributed by atoms with E-state index >= 15 is 0 Å². The second-order valence-corrected chi connectivity index (χ2v) is 5.70. The number of nitrogens with zero attached hydrogens (tertiary/aromatic N) is 1. The Balaban J connectivity index is 0.00000156. The monoisotopic (exact) mass is 383 g/mol. The number of pyridine rings is 1. The van der Waals surface area contributed by atoms with Crippen molar-refractivity contribution in [1.82, 2.24) is 10.3 Å². The summed E-state index contributed by atoms with van der Waals surface area (Å²) in [7, 11) is 0. The average Bonchev–Trinajstić information content (AvgIpc) is 3.10. The van der Waals surface area contributed by atoms with Crippen LogP contribution in [0.3, 0.4) is 0 Å². The molecule has 3 N–H and O–H groups in total. The Morgan fingerprint density at radius 1 is 1.16 bits per heavy atom. The van der Waals surface area contributed by atoms with Crippen molar-refractivity contribution in [2.45, 2.75) is 31.1 Å². The van der Waals surface area contributed by atoms with Gasteiger partial charge in [0.2, 0.25) is 5.91 Å². The minimum atomic E-state index is -0.425. The standard InChI is InChI=1S/C18H21N3O2.2ClH/c19-11-15-8-9-16(23-15)18(22)21-17(13-5-2-1-3-6-13)14-7-4-10-20-12-14;;/h1-7,10,12,15-17H,8-9,11,19H2,(H,21,22);2*1H/t15-,16+,17?;;/m1../s1. The van der Waals surface area contributed by atoms with Gasteiger partial charge in [-0.15, -0.1) is 24.8 Å². The summed E-state index contributed by atoms with van der Waals surface area (Å²) in [5, 5.41) is 3.09. The number of carbonyl (C=O) groups is 1. The van der Waals surface area contributed by atoms with Crippen LogP contribution in [0.15, 0.2) is 54.9 Å². The van der Waals surface area contributed by atoms with Crippen molar-refractivity contribution in [3.63, 3.8) is 0 Å². The quantitative estimate of drug-likeness (QED) is 0.831. The van der Waals surface area contributed by atoms with E-state index in [0.29, 0.717) is 13.0 Å². The second kappa shape index (κ2) is 10.4. The third-order valence-corrected chi connectivity index (χ3v) is 4.10. The number of carbonyl (C=O) groups excluding carboxylic acids is 1. The van der Waals surface area contributed by atoms with Crippen molar-refractivity contribution in [3.8, 4) is 0 Å². The lowest BCUT2D eigenvalue weighted by Crippen LogP contribution is -2.38. The van der Waals surface area contributed by atoms with Crippen molar-refractivity contribution < 1.29 is 9.53 Å². The maximum Gasteiger partial charge on any atom is 0.249 e. The van der Waals surface area contributed by atoms with Gasteiger partial charge in [-0.05, 0) is 30.0 Å². The first-order chi connectivity index (χ1) is 11.3. The van der Waals surface area contributed by atoms with Gasteiger partial charge in [-0.3, -0.25) is 9.78 Å². The largest absolute Gasteiger partial charge is 0.364 e. The zero-order valence-electron chi connectivity index (χ0n) is 13.7. The summed E-state index contributed by atoms with van der Waals surface area (Å²) in [4.78, 5) is 16.7. The molecule has 25 heavy (non-hydrogen) atoms. The van der Waals surface area contributed by atoms with Crippen LogP contribution >= 0.6 is 24.8 Å². The fourth-order valence-electron chi connectivity index (χ4n) is 2.86. The molecule has 0 radical (unpaired) electrons. The molecule has 0 saturated carbocycles. The lowest BCUT2D eigenvalue weighted by Gasteiger charge is -2.21. The van der Waals surface area contributed by atoms with Crippen LogP contribution < -0.4 is 11.1 Å². The van der Waals surface area contributed by atoms with E-state index in [0.717, 1.165) is 17.5 Å². The molecular formula is C18H23Cl2N3O2. The first-order valence-electron chi connectivity index (χ1n) is 7.88. The van der Waals surface area contributed by atoms with Gasteiger partial charge < -0.3 is 15.8 Å². The summed E-state index contributed by atoms with van der Waals surface area (Å²) in [6, 6.07) is 13.5. The molecule has 1 amide bonds. The van der Waals surface area contributed by atoms with Crippen LogP contribution in [0.4, 0.5) is 0 Å². The van der Waals surface area contributed by atoms with E-state index in [1.54, 1.807) is 12.4 Å². The summed E-state index contributed by atoms with van der Waals surface area (Å²) < 4.78 is 5.69. The van der Waals surface area contributed by atoms with Crippen molar-refractivity contribution in [1.29, 1.82) is 0 Å². The minimum absolute atomic E-state index is 0. The summed E-state index contributed by atoms with van der Waals surface area (Å²) in [6.07, 6.45) is 4.60. The predicted molar refractivity (Wildman–Crippen MR) is 102 cm³/mol. The molecule has 3 atom stereocenters. The van der Waals surface area contributed by atoms with Crippen LogP contribution in [-0.2, 0) is 9.53 Å². The Hall–Kier alpha value is -1.66. The summed E-state index contributed by atoms with van der Waals surface area (Å²) >= 11 is 0. The lowest BCUT2D eigenvalue weighted by molar-refractivity contribution is -0.132. The maximum absolute atomic E-state index is 12.6. The number of ether oxygens (including phenoxy) is 1. The molecule has 1 unspecified atom stereocenters. The average molecular weight is 384 g/mol. The number of aromatic nitrogens is 1. The number of nitrogens with two attached hydrogens (primary N) is 1. The van der Waals surface area contributed by atoms with Gasteiger partial charge in [-0.2, -0.15) is 0 Å². The topological polar surface area (TPSA) is 77.2 Å². The molecule has 3 rings (SSSR count). The third-order valence-electron chi connectivity index (χ3n) is 4.10. The van der Waals surface area contributed by atoms with E-state index in [1.165, 1.54) is 0 Å². The van der Waals surface area contributed by atoms with Gasteiger partial charge in [0, 0.05) is 18.9 Å². The van der Waals surface area contributed by atoms with Gasteiger partial charge in [-0.25, -0.2) is 0 Å². The fraction of sp³-hybridized carbons (Fsp3) is 0.333. The highest BCUT2D eigenvalue weighted by molar-refractivity contribution is 5.85. The number of rotatable bonds is 5. The molecule has 1 saturated heterocycles. The summed E-state index contributed by atoms with van der Waals surface area (Å²) in [5.41, 5.74) is 7.58. The SMILES string of the molecule is Cl.Cl.NC[C@H]1CC[C@@H](C(=O)NC(c2ccccc2)c2cccnc2)O1. The zero-order chi connectivity index (χ0) is 16.1. The van der Waals surface area contributed by atoms with Gasteiger partial charge in [-0.1, -0.05) is 36.4 Å². The summed E-state index contributed by atoms with van der Waals surface area (Å²) in [6.45, 7) is 0.453. The Morgan fingerprint density at radius 3 is 2.48 bits per heavy atom. The van der Waals surface area contributed by atoms with Crippen LogP contribution in [0, 0.1) is 0 Å². The number of halogens is 2. The van der Waals surface area contributed by atoms with Crippen molar-refractivity contribution >= 4 is 30.7 Å². The molecule has 0 aliphatic carbocycles. The molecule has 136 valence electrons. The molecule has 2 aromatic rings. The number of hydrogen-bond donors (Lipinski definition) is 2. The number of hydrogen-bond acceptors (Lipinski definition) is 4. The predicted octanol–water partition coefficient (Wildman–Crippen LogP) is 2.64. The van der Waals surface area contributed by atoms with Crippen molar-refractivity contribution in [2.24, 2.45) is 5.73 Å². The molecule has 0 bridgehead atoms. The van der Waals surface area contributed by atoms with Gasteiger partial charge in [0.1, 0.15) is 6.10 Å². The van der Waals surface area contributed by atoms with E-state index in [-0.39, 0.29) is 42.9 Å². The number of benzene rings is 1. The van der Waals surface area contributed by atoms with Gasteiger partial charge in [0.25, 0.3) is 0 Å². The molecule has 1 aliphatic heterocycles. The molecule has 1 aromatic heterocycles. The van der Waals surface area contributed by atoms with E-state index in [9.17, 15) is 4.79 Å². The third kappa shape index (κ3) is 5.41. The number of nitrogens with one attached hydrogen (secondary N) is 1. The summed E-state index contributed by atoms with van der Waals surface area (Å²) in [5.74, 6) is -0.0985. The first-order valence-corrected chi connectivity index (χ1v) is 7.88. The van der Waals surface area contributed by atoms with E-state index in [1.807, 2.05) is 42.5 Å². The van der Waals surface area contributed by atoms with Crippen LogP contribution in [-0.4, -0.2) is 29.6 Å². The molecule has 0 spiro atoms. The lowest BCUT2D eigenvalue weighted by atomic mass is 10.00. The molecule has 1 fully saturated rings. The number of amides is 1. The highest BCUT2D eigenvalue weighted by Gasteiger charge is 2.31. The van der Waals surface area contributed by atoms with Crippen LogP contribution in [0.1, 0.15) is 30.0 Å². The Labute approximate surface area is 160 Å². The zero-order valence-corrected chi connectivity index (χ0v) is 15.3. The Morgan fingerprint density at radius 2 is 1.88 bits per heavy atom. The molecular weight excluding hydrogens is 361 g/mol. The van der Waals surface area contributed by atoms with Crippen LogP contribution in [0.25, 0.3) is 0 Å². The highest BCUT2D eigenvalue weighted by Crippen LogP contribution is 2.24. The smallest absolute Gasteiger partial charge is 0.249 e. The normalized spacial score (nSPS) is 20.0. The highest BCUT2D eigenvalue weighted by atomic mass is 35.5. The Kier molecular flexibility index (Phi) is 8.86. The molecule has 7 heteroatoms.